The lowest BCUT2D eigenvalue weighted by Crippen LogP contribution is -2.42. The fourth-order valence-electron chi connectivity index (χ4n) is 3.92. The molecule has 0 bridgehead atoms. The highest BCUT2D eigenvalue weighted by molar-refractivity contribution is 14.1. The number of anilines is 1. The van der Waals surface area contributed by atoms with Crippen molar-refractivity contribution in [2.75, 3.05) is 4.90 Å². The molecule has 2 aromatic rings. The van der Waals surface area contributed by atoms with Crippen LogP contribution >= 0.6 is 22.6 Å². The number of halogens is 1. The van der Waals surface area contributed by atoms with Crippen LogP contribution in [0.15, 0.2) is 36.7 Å². The number of aromatic carboxylic acids is 1. The molecule has 1 aromatic heterocycles. The molecule has 1 heterocycles. The lowest BCUT2D eigenvalue weighted by atomic mass is 9.82. The van der Waals surface area contributed by atoms with Gasteiger partial charge in [0.05, 0.1) is 5.69 Å². The SMILES string of the molecule is CC(C)N(c1cn(-c2ccc(I)cc2)cc1C(=O)O)C(=O)[C@H]1CC[C@H](C)CC1. The number of nitrogens with zero attached hydrogens (tertiary/aromatic N) is 2. The Hall–Kier alpha value is -1.83. The molecule has 5 nitrogen and oxygen atoms in total. The summed E-state index contributed by atoms with van der Waals surface area (Å²) in [7, 11) is 0. The zero-order valence-electron chi connectivity index (χ0n) is 16.6. The van der Waals surface area contributed by atoms with E-state index in [1.54, 1.807) is 21.9 Å². The molecule has 0 spiro atoms. The third kappa shape index (κ3) is 4.42. The summed E-state index contributed by atoms with van der Waals surface area (Å²) in [6.45, 7) is 6.11. The molecule has 1 fully saturated rings. The van der Waals surface area contributed by atoms with Gasteiger partial charge >= 0.3 is 5.97 Å². The first kappa shape index (κ1) is 20.9. The number of aromatic nitrogens is 1. The minimum atomic E-state index is -1.02. The molecule has 0 aliphatic heterocycles. The van der Waals surface area contributed by atoms with E-state index in [0.29, 0.717) is 11.6 Å². The molecule has 6 heteroatoms. The predicted octanol–water partition coefficient (Wildman–Crippen LogP) is 5.35. The Morgan fingerprint density at radius 1 is 1.11 bits per heavy atom. The minimum absolute atomic E-state index is 0.0260. The largest absolute Gasteiger partial charge is 0.478 e. The van der Waals surface area contributed by atoms with Gasteiger partial charge in [0.2, 0.25) is 5.91 Å². The Kier molecular flexibility index (Phi) is 6.47. The zero-order valence-corrected chi connectivity index (χ0v) is 18.7. The van der Waals surface area contributed by atoms with Crippen LogP contribution in [0.3, 0.4) is 0 Å². The molecule has 0 atom stereocenters. The second-order valence-electron chi connectivity index (χ2n) is 8.00. The molecule has 1 saturated carbocycles. The van der Waals surface area contributed by atoms with Crippen LogP contribution in [0, 0.1) is 15.4 Å². The third-order valence-electron chi connectivity index (χ3n) is 5.54. The topological polar surface area (TPSA) is 62.5 Å². The van der Waals surface area contributed by atoms with E-state index in [2.05, 4.69) is 29.5 Å². The van der Waals surface area contributed by atoms with Crippen molar-refractivity contribution in [2.45, 2.75) is 52.5 Å². The number of carboxylic acids is 1. The van der Waals surface area contributed by atoms with Gasteiger partial charge in [-0.1, -0.05) is 6.92 Å². The molecule has 0 saturated heterocycles. The van der Waals surface area contributed by atoms with Crippen molar-refractivity contribution in [3.8, 4) is 5.69 Å². The number of carboxylic acid groups (broad SMARTS) is 1. The fraction of sp³-hybridized carbons (Fsp3) is 0.455. The van der Waals surface area contributed by atoms with Crippen molar-refractivity contribution >= 4 is 40.2 Å². The number of hydrogen-bond donors (Lipinski definition) is 1. The van der Waals surface area contributed by atoms with Gasteiger partial charge in [-0.3, -0.25) is 4.79 Å². The summed E-state index contributed by atoms with van der Waals surface area (Å²) in [6.07, 6.45) is 7.24. The Bertz CT molecular complexity index is 849. The summed E-state index contributed by atoms with van der Waals surface area (Å²) < 4.78 is 2.90. The Balaban J connectivity index is 1.99. The van der Waals surface area contributed by atoms with E-state index in [1.165, 1.54) is 0 Å². The van der Waals surface area contributed by atoms with Crippen molar-refractivity contribution < 1.29 is 14.7 Å². The summed E-state index contributed by atoms with van der Waals surface area (Å²) in [6, 6.07) is 7.73. The Morgan fingerprint density at radius 3 is 2.25 bits per heavy atom. The van der Waals surface area contributed by atoms with Crippen LogP contribution in [-0.2, 0) is 4.79 Å². The molecule has 1 aliphatic rings. The molecule has 0 unspecified atom stereocenters. The number of carbonyl (C=O) groups is 2. The predicted molar refractivity (Wildman–Crippen MR) is 119 cm³/mol. The van der Waals surface area contributed by atoms with E-state index < -0.39 is 5.97 Å². The molecule has 150 valence electrons. The van der Waals surface area contributed by atoms with Gasteiger partial charge < -0.3 is 14.6 Å². The Morgan fingerprint density at radius 2 is 1.71 bits per heavy atom. The van der Waals surface area contributed by atoms with Gasteiger partial charge in [0.25, 0.3) is 0 Å². The highest BCUT2D eigenvalue weighted by Gasteiger charge is 2.33. The minimum Gasteiger partial charge on any atom is -0.478 e. The molecule has 1 aliphatic carbocycles. The van der Waals surface area contributed by atoms with Gasteiger partial charge in [0.1, 0.15) is 5.56 Å². The standard InChI is InChI=1S/C22H27IN2O3/c1-14(2)25(21(26)16-6-4-15(3)5-7-16)20-13-24(12-19(20)22(27)28)18-10-8-17(23)9-11-18/h8-16H,4-7H2,1-3H3,(H,27,28)/t15-,16-. The molecule has 1 N–H and O–H groups in total. The highest BCUT2D eigenvalue weighted by atomic mass is 127. The van der Waals surface area contributed by atoms with Gasteiger partial charge in [0, 0.05) is 33.6 Å². The summed E-state index contributed by atoms with van der Waals surface area (Å²) in [5.41, 5.74) is 1.51. The number of amides is 1. The average molecular weight is 494 g/mol. The maximum absolute atomic E-state index is 13.3. The molecule has 3 rings (SSSR count). The van der Waals surface area contributed by atoms with Gasteiger partial charge in [-0.05, 0) is 92.3 Å². The lowest BCUT2D eigenvalue weighted by Gasteiger charge is -2.33. The van der Waals surface area contributed by atoms with E-state index >= 15 is 0 Å². The molecular weight excluding hydrogens is 467 g/mol. The first-order chi connectivity index (χ1) is 13.3. The van der Waals surface area contributed by atoms with E-state index in [9.17, 15) is 14.7 Å². The van der Waals surface area contributed by atoms with Crippen molar-refractivity contribution in [3.63, 3.8) is 0 Å². The van der Waals surface area contributed by atoms with Crippen LogP contribution in [0.2, 0.25) is 0 Å². The first-order valence-electron chi connectivity index (χ1n) is 9.82. The van der Waals surface area contributed by atoms with Crippen molar-refractivity contribution in [1.82, 2.24) is 4.57 Å². The van der Waals surface area contributed by atoms with E-state index in [-0.39, 0.29) is 23.4 Å². The van der Waals surface area contributed by atoms with Gasteiger partial charge in [-0.2, -0.15) is 0 Å². The van der Waals surface area contributed by atoms with Crippen molar-refractivity contribution in [1.29, 1.82) is 0 Å². The summed E-state index contributed by atoms with van der Waals surface area (Å²) >= 11 is 2.24. The monoisotopic (exact) mass is 494 g/mol. The fourth-order valence-corrected chi connectivity index (χ4v) is 4.28. The smallest absolute Gasteiger partial charge is 0.339 e. The Labute approximate surface area is 179 Å². The van der Waals surface area contributed by atoms with Crippen LogP contribution in [0.4, 0.5) is 5.69 Å². The van der Waals surface area contributed by atoms with E-state index in [1.807, 2.05) is 38.1 Å². The molecule has 0 radical (unpaired) electrons. The highest BCUT2D eigenvalue weighted by Crippen LogP contribution is 2.33. The quantitative estimate of drug-likeness (QED) is 0.571. The number of rotatable bonds is 5. The number of hydrogen-bond acceptors (Lipinski definition) is 2. The molecular formula is C22H27IN2O3. The second-order valence-corrected chi connectivity index (χ2v) is 9.25. The number of benzene rings is 1. The van der Waals surface area contributed by atoms with Crippen molar-refractivity contribution in [3.05, 3.63) is 45.8 Å². The van der Waals surface area contributed by atoms with Gasteiger partial charge in [0.15, 0.2) is 0 Å². The van der Waals surface area contributed by atoms with Gasteiger partial charge in [-0.15, -0.1) is 0 Å². The summed E-state index contributed by atoms with van der Waals surface area (Å²) in [5.74, 6) is -0.338. The first-order valence-corrected chi connectivity index (χ1v) is 10.9. The third-order valence-corrected chi connectivity index (χ3v) is 6.26. The maximum atomic E-state index is 13.3. The maximum Gasteiger partial charge on any atom is 0.339 e. The summed E-state index contributed by atoms with van der Waals surface area (Å²) in [5, 5.41) is 9.78. The van der Waals surface area contributed by atoms with Gasteiger partial charge in [-0.25, -0.2) is 4.79 Å². The summed E-state index contributed by atoms with van der Waals surface area (Å²) in [4.78, 5) is 27.0. The van der Waals surface area contributed by atoms with E-state index in [0.717, 1.165) is 34.9 Å². The van der Waals surface area contributed by atoms with Crippen LogP contribution in [0.25, 0.3) is 5.69 Å². The van der Waals surface area contributed by atoms with Crippen LogP contribution in [0.5, 0.6) is 0 Å². The van der Waals surface area contributed by atoms with Crippen LogP contribution in [-0.4, -0.2) is 27.6 Å². The second kappa shape index (κ2) is 8.68. The normalized spacial score (nSPS) is 19.6. The molecule has 1 aromatic carbocycles. The molecule has 28 heavy (non-hydrogen) atoms. The van der Waals surface area contributed by atoms with Crippen LogP contribution in [0.1, 0.15) is 56.8 Å². The average Bonchev–Trinajstić information content (AvgIpc) is 3.07. The number of carbonyl (C=O) groups excluding carboxylic acids is 1. The van der Waals surface area contributed by atoms with Crippen molar-refractivity contribution in [2.24, 2.45) is 11.8 Å². The lowest BCUT2D eigenvalue weighted by molar-refractivity contribution is -0.123. The zero-order chi connectivity index (χ0) is 20.4. The van der Waals surface area contributed by atoms with Crippen LogP contribution < -0.4 is 4.90 Å². The molecule has 1 amide bonds. The van der Waals surface area contributed by atoms with E-state index in [4.69, 9.17) is 0 Å².